The van der Waals surface area contributed by atoms with Gasteiger partial charge < -0.3 is 0 Å². The molecule has 0 bridgehead atoms. The van der Waals surface area contributed by atoms with Crippen molar-refractivity contribution in [3.63, 3.8) is 0 Å². The summed E-state index contributed by atoms with van der Waals surface area (Å²) in [5.74, 6) is 0. The molecule has 1 heterocycles. The molecule has 1 aromatic heterocycles. The van der Waals surface area contributed by atoms with E-state index in [0.29, 0.717) is 0 Å². The van der Waals surface area contributed by atoms with Crippen molar-refractivity contribution in [3.8, 4) is 0 Å². The first-order valence-electron chi connectivity index (χ1n) is 4.59. The van der Waals surface area contributed by atoms with Gasteiger partial charge in [-0.25, -0.2) is 0 Å². The third-order valence-corrected chi connectivity index (χ3v) is 1.81. The Balaban J connectivity index is 0.000000531. The molecule has 2 aromatic rings. The van der Waals surface area contributed by atoms with Gasteiger partial charge in [-0.1, -0.05) is 19.9 Å². The fourth-order valence-corrected chi connectivity index (χ4v) is 1.20. The summed E-state index contributed by atoms with van der Waals surface area (Å²) >= 11 is 0. The normalized spacial score (nSPS) is 8.50. The van der Waals surface area contributed by atoms with Crippen LogP contribution in [0, 0.1) is 13.0 Å². The van der Waals surface area contributed by atoms with Crippen LogP contribution in [0.1, 0.15) is 19.5 Å². The van der Waals surface area contributed by atoms with Crippen LogP contribution in [-0.2, 0) is 19.5 Å². The number of nitrogens with zero attached hydrogens (tertiary/aromatic N) is 1. The summed E-state index contributed by atoms with van der Waals surface area (Å²) in [7, 11) is 0. The molecule has 1 radical (unpaired) electrons. The molecule has 0 N–H and O–H groups in total. The number of fused-ring (bicyclic) bond motifs is 1. The fourth-order valence-electron chi connectivity index (χ4n) is 1.20. The maximum atomic E-state index is 4.19. The molecule has 0 saturated carbocycles. The molecule has 77 valence electrons. The zero-order valence-electron chi connectivity index (χ0n) is 8.67. The fraction of sp³-hybridized carbons (Fsp3) is 0.250. The number of aryl methyl sites for hydroxylation is 1. The quantitative estimate of drug-likeness (QED) is 0.530. The Bertz CT molecular complexity index is 379. The van der Waals surface area contributed by atoms with Crippen molar-refractivity contribution in [2.45, 2.75) is 20.8 Å². The number of pyridine rings is 1. The molecule has 1 nitrogen and oxygen atoms in total. The first kappa shape index (κ1) is 13.3. The van der Waals surface area contributed by atoms with Gasteiger partial charge in [-0.3, -0.25) is 4.98 Å². The molecule has 1 aromatic carbocycles. The van der Waals surface area contributed by atoms with E-state index >= 15 is 0 Å². The summed E-state index contributed by atoms with van der Waals surface area (Å²) in [6, 6.07) is 11.0. The first-order chi connectivity index (χ1) is 6.38. The Hall–Kier alpha value is -0.747. The second kappa shape index (κ2) is 6.67. The van der Waals surface area contributed by atoms with E-state index in [2.05, 4.69) is 11.1 Å². The second-order valence-corrected chi connectivity index (χ2v) is 2.54. The number of hydrogen-bond donors (Lipinski definition) is 0. The summed E-state index contributed by atoms with van der Waals surface area (Å²) in [6.45, 7) is 6.01. The van der Waals surface area contributed by atoms with Crippen LogP contribution in [-0.4, -0.2) is 4.98 Å². The smallest absolute Gasteiger partial charge is 0.0243 e. The van der Waals surface area contributed by atoms with E-state index < -0.39 is 0 Å². The molecule has 0 atom stereocenters. The third-order valence-electron chi connectivity index (χ3n) is 1.81. The van der Waals surface area contributed by atoms with Gasteiger partial charge in [-0.15, -0.1) is 10.8 Å². The zero-order chi connectivity index (χ0) is 9.68. The largest absolute Gasteiger partial charge is 0.274 e. The van der Waals surface area contributed by atoms with Crippen molar-refractivity contribution < 1.29 is 19.5 Å². The molecule has 0 unspecified atom stereocenters. The van der Waals surface area contributed by atoms with E-state index in [-0.39, 0.29) is 19.5 Å². The maximum Gasteiger partial charge on any atom is 0.0243 e. The van der Waals surface area contributed by atoms with E-state index in [1.807, 2.05) is 51.2 Å². The molecular weight excluding hydrogens is 261 g/mol. The van der Waals surface area contributed by atoms with Gasteiger partial charge in [0.15, 0.2) is 0 Å². The van der Waals surface area contributed by atoms with Crippen molar-refractivity contribution in [2.24, 2.45) is 0 Å². The summed E-state index contributed by atoms with van der Waals surface area (Å²) in [5.41, 5.74) is 1.07. The second-order valence-electron chi connectivity index (χ2n) is 2.54. The number of aromatic nitrogens is 1. The molecule has 14 heavy (non-hydrogen) atoms. The topological polar surface area (TPSA) is 12.9 Å². The van der Waals surface area contributed by atoms with Crippen LogP contribution in [0.5, 0.6) is 0 Å². The van der Waals surface area contributed by atoms with Crippen molar-refractivity contribution in [1.29, 1.82) is 0 Å². The number of rotatable bonds is 0. The monoisotopic (exact) mass is 275 g/mol. The van der Waals surface area contributed by atoms with E-state index in [9.17, 15) is 0 Å². The Morgan fingerprint density at radius 1 is 1.21 bits per heavy atom. The van der Waals surface area contributed by atoms with Gasteiger partial charge in [0.1, 0.15) is 0 Å². The van der Waals surface area contributed by atoms with Crippen LogP contribution in [0.3, 0.4) is 0 Å². The average Bonchev–Trinajstić information content (AvgIpc) is 2.22. The minimum absolute atomic E-state index is 0. The molecule has 0 amide bonds. The number of benzene rings is 1. The van der Waals surface area contributed by atoms with Crippen LogP contribution < -0.4 is 0 Å². The SMILES string of the molecule is CC.Cc1nccc2cc[c-]cc12.[Rh]. The Labute approximate surface area is 98.3 Å². The summed E-state index contributed by atoms with van der Waals surface area (Å²) in [4.78, 5) is 4.19. The first-order valence-corrected chi connectivity index (χ1v) is 4.59. The van der Waals surface area contributed by atoms with Gasteiger partial charge in [-0.2, -0.15) is 24.3 Å². The van der Waals surface area contributed by atoms with Crippen LogP contribution in [0.15, 0.2) is 30.5 Å². The predicted molar refractivity (Wildman–Crippen MR) is 56.7 cm³/mol. The van der Waals surface area contributed by atoms with Gasteiger partial charge in [0, 0.05) is 25.7 Å². The van der Waals surface area contributed by atoms with E-state index in [1.54, 1.807) is 0 Å². The average molecular weight is 275 g/mol. The summed E-state index contributed by atoms with van der Waals surface area (Å²) < 4.78 is 0. The minimum Gasteiger partial charge on any atom is -0.274 e. The van der Waals surface area contributed by atoms with Crippen molar-refractivity contribution in [2.75, 3.05) is 0 Å². The molecule has 0 spiro atoms. The molecule has 0 saturated heterocycles. The van der Waals surface area contributed by atoms with E-state index in [4.69, 9.17) is 0 Å². The van der Waals surface area contributed by atoms with Crippen LogP contribution in [0.4, 0.5) is 0 Å². The van der Waals surface area contributed by atoms with Gasteiger partial charge in [0.05, 0.1) is 0 Å². The van der Waals surface area contributed by atoms with E-state index in [0.717, 1.165) is 5.69 Å². The molecule has 0 aliphatic rings. The molecule has 2 heteroatoms. The standard InChI is InChI=1S/C10H8N.C2H6.Rh/c1-8-10-5-3-2-4-9(10)6-7-11-8;1-2;/h2,4-7H,1H3;1-2H3;/q-1;;. The molecule has 0 fully saturated rings. The van der Waals surface area contributed by atoms with Crippen molar-refractivity contribution in [1.82, 2.24) is 4.98 Å². The molecular formula is C12H14NRh-. The van der Waals surface area contributed by atoms with Crippen molar-refractivity contribution in [3.05, 3.63) is 42.2 Å². The zero-order valence-corrected chi connectivity index (χ0v) is 10.3. The maximum absolute atomic E-state index is 4.19. The molecule has 2 rings (SSSR count). The van der Waals surface area contributed by atoms with Gasteiger partial charge in [0.25, 0.3) is 0 Å². The number of hydrogen-bond acceptors (Lipinski definition) is 1. The molecule has 0 aliphatic heterocycles. The Kier molecular flexibility index (Phi) is 6.31. The Morgan fingerprint density at radius 2 is 1.93 bits per heavy atom. The van der Waals surface area contributed by atoms with Crippen molar-refractivity contribution >= 4 is 10.8 Å². The van der Waals surface area contributed by atoms with Crippen LogP contribution in [0.25, 0.3) is 10.8 Å². The summed E-state index contributed by atoms with van der Waals surface area (Å²) in [5, 5.41) is 2.42. The van der Waals surface area contributed by atoms with Gasteiger partial charge in [0.2, 0.25) is 0 Å². The van der Waals surface area contributed by atoms with E-state index in [1.165, 1.54) is 10.8 Å². The van der Waals surface area contributed by atoms with Gasteiger partial charge >= 0.3 is 0 Å². The van der Waals surface area contributed by atoms with Crippen LogP contribution >= 0.6 is 0 Å². The third kappa shape index (κ3) is 2.88. The van der Waals surface area contributed by atoms with Crippen LogP contribution in [0.2, 0.25) is 0 Å². The summed E-state index contributed by atoms with van der Waals surface area (Å²) in [6.07, 6.45) is 1.83. The minimum atomic E-state index is 0. The molecule has 0 aliphatic carbocycles. The Morgan fingerprint density at radius 3 is 2.57 bits per heavy atom. The predicted octanol–water partition coefficient (Wildman–Crippen LogP) is 3.37. The van der Waals surface area contributed by atoms with Gasteiger partial charge in [-0.05, 0) is 12.6 Å².